The van der Waals surface area contributed by atoms with Crippen LogP contribution in [0, 0.1) is 5.92 Å². The first-order valence-electron chi connectivity index (χ1n) is 5.68. The van der Waals surface area contributed by atoms with Crippen molar-refractivity contribution in [2.45, 2.75) is 13.0 Å². The van der Waals surface area contributed by atoms with Crippen molar-refractivity contribution in [2.24, 2.45) is 5.92 Å². The van der Waals surface area contributed by atoms with Crippen LogP contribution in [0.15, 0.2) is 24.3 Å². The maximum absolute atomic E-state index is 11.9. The van der Waals surface area contributed by atoms with E-state index >= 15 is 0 Å². The molecular formula is C13H16BrNO2. The molecule has 0 saturated carbocycles. The molecule has 1 aliphatic rings. The number of benzene rings is 1. The van der Waals surface area contributed by atoms with Gasteiger partial charge in [0.05, 0.1) is 6.61 Å². The van der Waals surface area contributed by atoms with E-state index in [-0.39, 0.29) is 5.91 Å². The molecule has 1 amide bonds. The average Bonchev–Trinajstić information content (AvgIpc) is 2.71. The van der Waals surface area contributed by atoms with Crippen molar-refractivity contribution in [1.82, 2.24) is 0 Å². The van der Waals surface area contributed by atoms with Crippen LogP contribution in [0.4, 0.5) is 5.69 Å². The predicted octanol–water partition coefficient (Wildman–Crippen LogP) is 2.58. The van der Waals surface area contributed by atoms with Crippen molar-refractivity contribution in [2.75, 3.05) is 23.9 Å². The third kappa shape index (κ3) is 2.87. The van der Waals surface area contributed by atoms with Crippen LogP contribution >= 0.6 is 15.9 Å². The molecule has 1 aromatic carbocycles. The van der Waals surface area contributed by atoms with E-state index in [1.165, 1.54) is 0 Å². The average molecular weight is 298 g/mol. The Morgan fingerprint density at radius 1 is 1.53 bits per heavy atom. The molecule has 0 aromatic heterocycles. The molecule has 1 aliphatic heterocycles. The first-order valence-corrected chi connectivity index (χ1v) is 6.81. The molecule has 1 atom stereocenters. The normalized spacial score (nSPS) is 20.0. The Hall–Kier alpha value is -0.870. The van der Waals surface area contributed by atoms with Gasteiger partial charge < -0.3 is 9.64 Å². The van der Waals surface area contributed by atoms with Gasteiger partial charge in [0.1, 0.15) is 0 Å². The summed E-state index contributed by atoms with van der Waals surface area (Å²) in [6.45, 7) is 1.39. The molecule has 0 radical (unpaired) electrons. The third-order valence-corrected chi connectivity index (χ3v) is 3.87. The molecular weight excluding hydrogens is 282 g/mol. The summed E-state index contributed by atoms with van der Waals surface area (Å²) in [6, 6.07) is 7.99. The van der Waals surface area contributed by atoms with Gasteiger partial charge in [-0.15, -0.1) is 0 Å². The highest BCUT2D eigenvalue weighted by atomic mass is 79.9. The van der Waals surface area contributed by atoms with Crippen LogP contribution in [0.5, 0.6) is 0 Å². The minimum atomic E-state index is 0.212. The number of carbonyl (C=O) groups excluding carboxylic acids is 1. The van der Waals surface area contributed by atoms with Crippen LogP contribution in [-0.4, -0.2) is 24.9 Å². The molecule has 0 N–H and O–H groups in total. The predicted molar refractivity (Wildman–Crippen MR) is 71.4 cm³/mol. The Kier molecular flexibility index (Phi) is 4.18. The van der Waals surface area contributed by atoms with Gasteiger partial charge in [0, 0.05) is 31.1 Å². The maximum Gasteiger partial charge on any atom is 0.227 e. The Bertz CT molecular complexity index is 408. The Morgan fingerprint density at radius 2 is 2.35 bits per heavy atom. The zero-order chi connectivity index (χ0) is 12.3. The highest BCUT2D eigenvalue weighted by Gasteiger charge is 2.29. The second kappa shape index (κ2) is 5.65. The molecule has 3 nitrogen and oxygen atoms in total. The smallest absolute Gasteiger partial charge is 0.227 e. The SMILES string of the molecule is COCc1cccc(N2CC(CBr)CC2=O)c1. The lowest BCUT2D eigenvalue weighted by molar-refractivity contribution is -0.117. The number of amides is 1. The van der Waals surface area contributed by atoms with Gasteiger partial charge in [0.2, 0.25) is 5.91 Å². The van der Waals surface area contributed by atoms with Gasteiger partial charge in [0.25, 0.3) is 0 Å². The van der Waals surface area contributed by atoms with Crippen molar-refractivity contribution in [3.05, 3.63) is 29.8 Å². The number of ether oxygens (including phenoxy) is 1. The fourth-order valence-corrected chi connectivity index (χ4v) is 2.55. The number of anilines is 1. The molecule has 1 heterocycles. The quantitative estimate of drug-likeness (QED) is 0.800. The van der Waals surface area contributed by atoms with Crippen LogP contribution in [0.3, 0.4) is 0 Å². The van der Waals surface area contributed by atoms with E-state index in [1.807, 2.05) is 29.2 Å². The molecule has 1 unspecified atom stereocenters. The van der Waals surface area contributed by atoms with E-state index < -0.39 is 0 Å². The summed E-state index contributed by atoms with van der Waals surface area (Å²) < 4.78 is 5.10. The number of hydrogen-bond donors (Lipinski definition) is 0. The van der Waals surface area contributed by atoms with E-state index in [0.29, 0.717) is 18.9 Å². The Morgan fingerprint density at radius 3 is 3.00 bits per heavy atom. The fraction of sp³-hybridized carbons (Fsp3) is 0.462. The number of rotatable bonds is 4. The second-order valence-corrected chi connectivity index (χ2v) is 4.98. The first-order chi connectivity index (χ1) is 8.24. The lowest BCUT2D eigenvalue weighted by atomic mass is 10.1. The third-order valence-electron chi connectivity index (χ3n) is 2.96. The molecule has 0 bridgehead atoms. The fourth-order valence-electron chi connectivity index (χ4n) is 2.12. The van der Waals surface area contributed by atoms with Crippen molar-refractivity contribution < 1.29 is 9.53 Å². The van der Waals surface area contributed by atoms with Gasteiger partial charge in [-0.05, 0) is 23.6 Å². The molecule has 92 valence electrons. The molecule has 1 aromatic rings. The van der Waals surface area contributed by atoms with Gasteiger partial charge in [-0.3, -0.25) is 4.79 Å². The highest BCUT2D eigenvalue weighted by Crippen LogP contribution is 2.26. The van der Waals surface area contributed by atoms with Crippen molar-refractivity contribution in [1.29, 1.82) is 0 Å². The molecule has 0 spiro atoms. The standard InChI is InChI=1S/C13H16BrNO2/c1-17-9-10-3-2-4-12(5-10)15-8-11(7-14)6-13(15)16/h2-5,11H,6-9H2,1H3. The lowest BCUT2D eigenvalue weighted by Crippen LogP contribution is -2.24. The Balaban J connectivity index is 2.16. The number of carbonyl (C=O) groups is 1. The molecule has 1 saturated heterocycles. The number of methoxy groups -OCH3 is 1. The largest absolute Gasteiger partial charge is 0.380 e. The minimum absolute atomic E-state index is 0.212. The van der Waals surface area contributed by atoms with Gasteiger partial charge in [-0.1, -0.05) is 28.1 Å². The van der Waals surface area contributed by atoms with Crippen molar-refractivity contribution in [3.8, 4) is 0 Å². The molecule has 2 rings (SSSR count). The summed E-state index contributed by atoms with van der Waals surface area (Å²) in [7, 11) is 1.68. The summed E-state index contributed by atoms with van der Waals surface area (Å²) in [4.78, 5) is 13.8. The minimum Gasteiger partial charge on any atom is -0.380 e. The summed E-state index contributed by atoms with van der Waals surface area (Å²) in [5.41, 5.74) is 2.08. The topological polar surface area (TPSA) is 29.5 Å². The monoisotopic (exact) mass is 297 g/mol. The number of alkyl halides is 1. The van der Waals surface area contributed by atoms with E-state index in [0.717, 1.165) is 23.1 Å². The zero-order valence-electron chi connectivity index (χ0n) is 9.86. The molecule has 4 heteroatoms. The van der Waals surface area contributed by atoms with E-state index in [2.05, 4.69) is 15.9 Å². The number of nitrogens with zero attached hydrogens (tertiary/aromatic N) is 1. The number of hydrogen-bond acceptors (Lipinski definition) is 2. The van der Waals surface area contributed by atoms with E-state index in [4.69, 9.17) is 4.74 Å². The summed E-state index contributed by atoms with van der Waals surface area (Å²) in [5, 5.41) is 0.882. The highest BCUT2D eigenvalue weighted by molar-refractivity contribution is 9.09. The maximum atomic E-state index is 11.9. The van der Waals surface area contributed by atoms with Crippen LogP contribution in [0.1, 0.15) is 12.0 Å². The molecule has 1 fully saturated rings. The summed E-state index contributed by atoms with van der Waals surface area (Å²) in [5.74, 6) is 0.637. The van der Waals surface area contributed by atoms with Gasteiger partial charge in [-0.2, -0.15) is 0 Å². The first kappa shape index (κ1) is 12.6. The van der Waals surface area contributed by atoms with Crippen molar-refractivity contribution in [3.63, 3.8) is 0 Å². The van der Waals surface area contributed by atoms with Crippen LogP contribution in [0.25, 0.3) is 0 Å². The number of halogens is 1. The van der Waals surface area contributed by atoms with Crippen LogP contribution < -0.4 is 4.90 Å². The van der Waals surface area contributed by atoms with Gasteiger partial charge >= 0.3 is 0 Å². The van der Waals surface area contributed by atoms with Crippen LogP contribution in [-0.2, 0) is 16.1 Å². The van der Waals surface area contributed by atoms with Crippen LogP contribution in [0.2, 0.25) is 0 Å². The van der Waals surface area contributed by atoms with E-state index in [9.17, 15) is 4.79 Å². The lowest BCUT2D eigenvalue weighted by Gasteiger charge is -2.17. The van der Waals surface area contributed by atoms with Crippen molar-refractivity contribution >= 4 is 27.5 Å². The summed E-state index contributed by atoms with van der Waals surface area (Å²) in [6.07, 6.45) is 0.639. The molecule has 17 heavy (non-hydrogen) atoms. The Labute approximate surface area is 110 Å². The van der Waals surface area contributed by atoms with Gasteiger partial charge in [-0.25, -0.2) is 0 Å². The second-order valence-electron chi connectivity index (χ2n) is 4.33. The summed E-state index contributed by atoms with van der Waals surface area (Å²) >= 11 is 3.44. The zero-order valence-corrected chi connectivity index (χ0v) is 11.4. The molecule has 0 aliphatic carbocycles. The van der Waals surface area contributed by atoms with E-state index in [1.54, 1.807) is 7.11 Å². The van der Waals surface area contributed by atoms with Gasteiger partial charge in [0.15, 0.2) is 0 Å².